The van der Waals surface area contributed by atoms with Crippen molar-refractivity contribution in [3.8, 4) is 5.75 Å². The third-order valence-electron chi connectivity index (χ3n) is 5.42. The second kappa shape index (κ2) is 8.37. The molecule has 1 atom stereocenters. The molecule has 1 aliphatic heterocycles. The average Bonchev–Trinajstić information content (AvgIpc) is 3.16. The van der Waals surface area contributed by atoms with Crippen LogP contribution in [0.25, 0.3) is 0 Å². The molecule has 1 aromatic carbocycles. The fourth-order valence-electron chi connectivity index (χ4n) is 3.94. The van der Waals surface area contributed by atoms with Gasteiger partial charge in [-0.1, -0.05) is 31.4 Å². The second-order valence-electron chi connectivity index (χ2n) is 7.09. The predicted molar refractivity (Wildman–Crippen MR) is 96.2 cm³/mol. The predicted octanol–water partition coefficient (Wildman–Crippen LogP) is 2.88. The Balaban J connectivity index is 1.55. The third kappa shape index (κ3) is 4.33. The second-order valence-corrected chi connectivity index (χ2v) is 7.09. The average molecular weight is 344 g/mol. The van der Waals surface area contributed by atoms with Crippen LogP contribution in [-0.4, -0.2) is 36.4 Å². The van der Waals surface area contributed by atoms with Crippen LogP contribution in [0.3, 0.4) is 0 Å². The van der Waals surface area contributed by atoms with Crippen LogP contribution < -0.4 is 10.1 Å². The summed E-state index contributed by atoms with van der Waals surface area (Å²) in [6, 6.07) is 7.36. The highest BCUT2D eigenvalue weighted by atomic mass is 16.5. The first-order chi connectivity index (χ1) is 12.2. The molecule has 1 unspecified atom stereocenters. The summed E-state index contributed by atoms with van der Waals surface area (Å²) in [5, 5.41) is 2.99. The summed E-state index contributed by atoms with van der Waals surface area (Å²) < 4.78 is 5.14. The van der Waals surface area contributed by atoms with Crippen molar-refractivity contribution in [1.82, 2.24) is 10.2 Å². The van der Waals surface area contributed by atoms with Crippen molar-refractivity contribution in [2.75, 3.05) is 13.7 Å². The number of amides is 2. The number of ether oxygens (including phenoxy) is 1. The zero-order valence-corrected chi connectivity index (χ0v) is 15.0. The molecule has 1 N–H and O–H groups in total. The Bertz CT molecular complexity index is 593. The molecule has 0 aromatic heterocycles. The summed E-state index contributed by atoms with van der Waals surface area (Å²) in [7, 11) is 1.63. The molecular formula is C20H28N2O3. The smallest absolute Gasteiger partial charge is 0.243 e. The summed E-state index contributed by atoms with van der Waals surface area (Å²) in [6.07, 6.45) is 7.16. The number of hydrogen-bond acceptors (Lipinski definition) is 3. The lowest BCUT2D eigenvalue weighted by atomic mass is 9.88. The number of methoxy groups -OCH3 is 1. The van der Waals surface area contributed by atoms with Crippen molar-refractivity contribution < 1.29 is 14.3 Å². The minimum absolute atomic E-state index is 0.0301. The SMILES string of the molecule is COc1ccc(CNC(=O)C2CCCN2C(=O)C2CCCCC2)cc1. The van der Waals surface area contributed by atoms with E-state index in [1.165, 1.54) is 6.42 Å². The van der Waals surface area contributed by atoms with Crippen LogP contribution in [0.1, 0.15) is 50.5 Å². The maximum atomic E-state index is 12.8. The number of carbonyl (C=O) groups is 2. The molecule has 1 saturated carbocycles. The summed E-state index contributed by atoms with van der Waals surface area (Å²) in [5.41, 5.74) is 1.03. The van der Waals surface area contributed by atoms with Crippen molar-refractivity contribution in [1.29, 1.82) is 0 Å². The number of hydrogen-bond donors (Lipinski definition) is 1. The van der Waals surface area contributed by atoms with E-state index >= 15 is 0 Å². The van der Waals surface area contributed by atoms with Gasteiger partial charge in [-0.15, -0.1) is 0 Å². The van der Waals surface area contributed by atoms with Crippen LogP contribution in [0.4, 0.5) is 0 Å². The maximum Gasteiger partial charge on any atom is 0.243 e. The number of rotatable bonds is 5. The van der Waals surface area contributed by atoms with Gasteiger partial charge in [-0.3, -0.25) is 9.59 Å². The molecule has 5 heteroatoms. The van der Waals surface area contributed by atoms with E-state index in [2.05, 4.69) is 5.32 Å². The standard InChI is InChI=1S/C20H28N2O3/c1-25-17-11-9-15(10-12-17)14-21-19(23)18-8-5-13-22(18)20(24)16-6-3-2-4-7-16/h9-12,16,18H,2-8,13-14H2,1H3,(H,21,23). The Morgan fingerprint density at radius 3 is 2.48 bits per heavy atom. The normalized spacial score (nSPS) is 21.2. The van der Waals surface area contributed by atoms with Gasteiger partial charge in [0.2, 0.25) is 11.8 Å². The van der Waals surface area contributed by atoms with Crippen molar-refractivity contribution in [3.63, 3.8) is 0 Å². The van der Waals surface area contributed by atoms with Gasteiger partial charge in [0.15, 0.2) is 0 Å². The first-order valence-corrected chi connectivity index (χ1v) is 9.40. The van der Waals surface area contributed by atoms with Gasteiger partial charge in [-0.25, -0.2) is 0 Å². The van der Waals surface area contributed by atoms with E-state index in [0.29, 0.717) is 6.54 Å². The minimum atomic E-state index is -0.298. The number of nitrogens with one attached hydrogen (secondary N) is 1. The van der Waals surface area contributed by atoms with E-state index in [4.69, 9.17) is 4.74 Å². The summed E-state index contributed by atoms with van der Waals surface area (Å²) >= 11 is 0. The Morgan fingerprint density at radius 2 is 1.80 bits per heavy atom. The zero-order chi connectivity index (χ0) is 17.6. The van der Waals surface area contributed by atoms with E-state index in [9.17, 15) is 9.59 Å². The number of carbonyl (C=O) groups excluding carboxylic acids is 2. The lowest BCUT2D eigenvalue weighted by Crippen LogP contribution is -2.47. The molecule has 1 aromatic rings. The van der Waals surface area contributed by atoms with Crippen LogP contribution in [0.5, 0.6) is 5.75 Å². The van der Waals surface area contributed by atoms with Crippen LogP contribution in [-0.2, 0) is 16.1 Å². The van der Waals surface area contributed by atoms with E-state index < -0.39 is 0 Å². The van der Waals surface area contributed by atoms with Gasteiger partial charge in [0, 0.05) is 19.0 Å². The van der Waals surface area contributed by atoms with Gasteiger partial charge in [0.1, 0.15) is 11.8 Å². The summed E-state index contributed by atoms with van der Waals surface area (Å²) in [5.74, 6) is 1.10. The molecular weight excluding hydrogens is 316 g/mol. The van der Waals surface area contributed by atoms with E-state index in [-0.39, 0.29) is 23.8 Å². The van der Waals surface area contributed by atoms with Gasteiger partial charge in [-0.05, 0) is 43.4 Å². The Labute approximate surface area is 149 Å². The van der Waals surface area contributed by atoms with Crippen LogP contribution in [0.2, 0.25) is 0 Å². The Morgan fingerprint density at radius 1 is 1.08 bits per heavy atom. The van der Waals surface area contributed by atoms with Crippen LogP contribution in [0, 0.1) is 5.92 Å². The molecule has 0 radical (unpaired) electrons. The topological polar surface area (TPSA) is 58.6 Å². The highest BCUT2D eigenvalue weighted by Gasteiger charge is 2.37. The third-order valence-corrected chi connectivity index (χ3v) is 5.42. The van der Waals surface area contributed by atoms with Gasteiger partial charge in [0.25, 0.3) is 0 Å². The molecule has 2 aliphatic rings. The van der Waals surface area contributed by atoms with E-state index in [1.807, 2.05) is 29.2 Å². The maximum absolute atomic E-state index is 12.8. The van der Waals surface area contributed by atoms with Gasteiger partial charge < -0.3 is 15.0 Å². The molecule has 0 spiro atoms. The highest BCUT2D eigenvalue weighted by Crippen LogP contribution is 2.28. The Kier molecular flexibility index (Phi) is 5.95. The molecule has 2 fully saturated rings. The number of nitrogens with zero attached hydrogens (tertiary/aromatic N) is 1. The fraction of sp³-hybridized carbons (Fsp3) is 0.600. The van der Waals surface area contributed by atoms with Gasteiger partial charge in [-0.2, -0.15) is 0 Å². The van der Waals surface area contributed by atoms with Crippen LogP contribution >= 0.6 is 0 Å². The molecule has 3 rings (SSSR count). The first-order valence-electron chi connectivity index (χ1n) is 9.40. The Hall–Kier alpha value is -2.04. The zero-order valence-electron chi connectivity index (χ0n) is 15.0. The molecule has 2 amide bonds. The number of likely N-dealkylation sites (tertiary alicyclic amines) is 1. The summed E-state index contributed by atoms with van der Waals surface area (Å²) in [6.45, 7) is 1.20. The molecule has 25 heavy (non-hydrogen) atoms. The highest BCUT2D eigenvalue weighted by molar-refractivity contribution is 5.89. The van der Waals surface area contributed by atoms with Crippen molar-refractivity contribution in [2.45, 2.75) is 57.5 Å². The van der Waals surface area contributed by atoms with Crippen molar-refractivity contribution in [3.05, 3.63) is 29.8 Å². The van der Waals surface area contributed by atoms with Gasteiger partial charge >= 0.3 is 0 Å². The lowest BCUT2D eigenvalue weighted by Gasteiger charge is -2.30. The molecule has 5 nitrogen and oxygen atoms in total. The molecule has 1 aliphatic carbocycles. The first kappa shape index (κ1) is 17.8. The van der Waals surface area contributed by atoms with Crippen molar-refractivity contribution in [2.24, 2.45) is 5.92 Å². The van der Waals surface area contributed by atoms with Gasteiger partial charge in [0.05, 0.1) is 7.11 Å². The molecule has 0 bridgehead atoms. The van der Waals surface area contributed by atoms with E-state index in [1.54, 1.807) is 7.11 Å². The number of benzene rings is 1. The molecule has 1 saturated heterocycles. The lowest BCUT2D eigenvalue weighted by molar-refractivity contribution is -0.142. The van der Waals surface area contributed by atoms with Crippen molar-refractivity contribution >= 4 is 11.8 Å². The largest absolute Gasteiger partial charge is 0.497 e. The van der Waals surface area contributed by atoms with Crippen LogP contribution in [0.15, 0.2) is 24.3 Å². The quantitative estimate of drug-likeness (QED) is 0.893. The molecule has 1 heterocycles. The van der Waals surface area contributed by atoms with E-state index in [0.717, 1.165) is 56.4 Å². The monoisotopic (exact) mass is 344 g/mol. The molecule has 136 valence electrons. The minimum Gasteiger partial charge on any atom is -0.497 e. The fourth-order valence-corrected chi connectivity index (χ4v) is 3.94. The summed E-state index contributed by atoms with van der Waals surface area (Å²) in [4.78, 5) is 27.2.